The van der Waals surface area contributed by atoms with Gasteiger partial charge in [-0.3, -0.25) is 4.90 Å². The van der Waals surface area contributed by atoms with Gasteiger partial charge in [-0.25, -0.2) is 0 Å². The van der Waals surface area contributed by atoms with Gasteiger partial charge in [0, 0.05) is 6.54 Å². The first-order chi connectivity index (χ1) is 9.87. The molecule has 2 saturated heterocycles. The quantitative estimate of drug-likeness (QED) is 0.800. The fourth-order valence-corrected chi connectivity index (χ4v) is 2.96. The predicted octanol–water partition coefficient (Wildman–Crippen LogP) is 3.22. The third kappa shape index (κ3) is 3.39. The van der Waals surface area contributed by atoms with Gasteiger partial charge in [0.05, 0.1) is 11.2 Å². The molecule has 0 N–H and O–H groups in total. The van der Waals surface area contributed by atoms with Gasteiger partial charge in [0.1, 0.15) is 0 Å². The molecule has 0 atom stereocenters. The van der Waals surface area contributed by atoms with Crippen molar-refractivity contribution in [2.24, 2.45) is 0 Å². The molecule has 2 aliphatic heterocycles. The lowest BCUT2D eigenvalue weighted by atomic mass is 9.79. The lowest BCUT2D eigenvalue weighted by molar-refractivity contribution is 0.00578. The molecule has 2 heterocycles. The lowest BCUT2D eigenvalue weighted by Gasteiger charge is -2.32. The SMILES string of the molecule is C.CC1(C)OB(c2ccc(CN3CCCC3)cc2)OC1(C)C. The van der Waals surface area contributed by atoms with Crippen molar-refractivity contribution < 1.29 is 9.31 Å². The summed E-state index contributed by atoms with van der Waals surface area (Å²) in [4.78, 5) is 2.52. The second-order valence-corrected chi connectivity index (χ2v) is 7.31. The van der Waals surface area contributed by atoms with E-state index in [4.69, 9.17) is 9.31 Å². The number of benzene rings is 1. The summed E-state index contributed by atoms with van der Waals surface area (Å²) < 4.78 is 12.2. The smallest absolute Gasteiger partial charge is 0.399 e. The normalized spacial score (nSPS) is 23.5. The number of rotatable bonds is 3. The second-order valence-electron chi connectivity index (χ2n) is 7.31. The highest BCUT2D eigenvalue weighted by Gasteiger charge is 2.51. The highest BCUT2D eigenvalue weighted by Crippen LogP contribution is 2.36. The van der Waals surface area contributed by atoms with Gasteiger partial charge in [-0.2, -0.15) is 0 Å². The van der Waals surface area contributed by atoms with Gasteiger partial charge < -0.3 is 9.31 Å². The highest BCUT2D eigenvalue weighted by atomic mass is 16.7. The number of likely N-dealkylation sites (tertiary alicyclic amines) is 1. The molecule has 122 valence electrons. The average Bonchev–Trinajstić information content (AvgIpc) is 2.97. The van der Waals surface area contributed by atoms with Crippen LogP contribution in [0.25, 0.3) is 0 Å². The van der Waals surface area contributed by atoms with Gasteiger partial charge in [-0.15, -0.1) is 0 Å². The van der Waals surface area contributed by atoms with E-state index in [1.165, 1.54) is 31.5 Å². The van der Waals surface area contributed by atoms with Crippen molar-refractivity contribution >= 4 is 12.6 Å². The topological polar surface area (TPSA) is 21.7 Å². The van der Waals surface area contributed by atoms with E-state index < -0.39 is 0 Å². The van der Waals surface area contributed by atoms with Crippen LogP contribution in [0.2, 0.25) is 0 Å². The fraction of sp³-hybridized carbons (Fsp3) is 0.667. The van der Waals surface area contributed by atoms with Crippen LogP contribution >= 0.6 is 0 Å². The maximum Gasteiger partial charge on any atom is 0.494 e. The zero-order chi connectivity index (χ0) is 15.1. The molecule has 2 aliphatic rings. The first kappa shape index (κ1) is 17.5. The summed E-state index contributed by atoms with van der Waals surface area (Å²) in [5, 5.41) is 0. The Balaban J connectivity index is 0.00000176. The first-order valence-corrected chi connectivity index (χ1v) is 8.04. The van der Waals surface area contributed by atoms with Crippen LogP contribution in [0, 0.1) is 0 Å². The maximum absolute atomic E-state index is 6.09. The molecule has 0 bridgehead atoms. The summed E-state index contributed by atoms with van der Waals surface area (Å²) in [6.07, 6.45) is 2.68. The second kappa shape index (κ2) is 6.35. The Morgan fingerprint density at radius 2 is 1.45 bits per heavy atom. The van der Waals surface area contributed by atoms with Gasteiger partial charge in [0.25, 0.3) is 0 Å². The lowest BCUT2D eigenvalue weighted by Crippen LogP contribution is -2.41. The van der Waals surface area contributed by atoms with Gasteiger partial charge in [0.2, 0.25) is 0 Å². The molecule has 2 fully saturated rings. The average molecular weight is 303 g/mol. The Morgan fingerprint density at radius 3 is 1.95 bits per heavy atom. The summed E-state index contributed by atoms with van der Waals surface area (Å²) in [5.41, 5.74) is 1.94. The van der Waals surface area contributed by atoms with Crippen LogP contribution in [0.5, 0.6) is 0 Å². The molecule has 22 heavy (non-hydrogen) atoms. The van der Waals surface area contributed by atoms with Gasteiger partial charge in [0.15, 0.2) is 0 Å². The summed E-state index contributed by atoms with van der Waals surface area (Å²) in [6.45, 7) is 11.9. The van der Waals surface area contributed by atoms with Crippen molar-refractivity contribution in [3.05, 3.63) is 29.8 Å². The Kier molecular flexibility index (Phi) is 5.05. The number of hydrogen-bond acceptors (Lipinski definition) is 3. The molecule has 0 aromatic heterocycles. The van der Waals surface area contributed by atoms with E-state index in [2.05, 4.69) is 56.9 Å². The Labute approximate surface area is 136 Å². The maximum atomic E-state index is 6.09. The van der Waals surface area contributed by atoms with Gasteiger partial charge >= 0.3 is 7.12 Å². The van der Waals surface area contributed by atoms with Gasteiger partial charge in [-0.1, -0.05) is 31.7 Å². The standard InChI is InChI=1S/C17H26BNO2.CH4/c1-16(2)17(3,4)21-18(20-16)15-9-7-14(8-10-15)13-19-11-5-6-12-19;/h7-10H,5-6,11-13H2,1-4H3;1H4. The molecule has 0 unspecified atom stereocenters. The monoisotopic (exact) mass is 303 g/mol. The van der Waals surface area contributed by atoms with Crippen LogP contribution in [-0.4, -0.2) is 36.3 Å². The molecule has 3 rings (SSSR count). The van der Waals surface area contributed by atoms with Crippen molar-refractivity contribution in [2.45, 2.75) is 65.7 Å². The molecule has 3 nitrogen and oxygen atoms in total. The minimum absolute atomic E-state index is 0. The van der Waals surface area contributed by atoms with Crippen LogP contribution in [0.3, 0.4) is 0 Å². The zero-order valence-electron chi connectivity index (χ0n) is 13.7. The largest absolute Gasteiger partial charge is 0.494 e. The number of hydrogen-bond donors (Lipinski definition) is 0. The van der Waals surface area contributed by atoms with Crippen LogP contribution < -0.4 is 5.46 Å². The Bertz CT molecular complexity index is 476. The van der Waals surface area contributed by atoms with E-state index in [-0.39, 0.29) is 25.7 Å². The van der Waals surface area contributed by atoms with Crippen LogP contribution in [0.1, 0.15) is 53.5 Å². The van der Waals surface area contributed by atoms with Gasteiger partial charge in [-0.05, 0) is 64.7 Å². The highest BCUT2D eigenvalue weighted by molar-refractivity contribution is 6.62. The zero-order valence-corrected chi connectivity index (χ0v) is 13.7. The Morgan fingerprint density at radius 1 is 0.955 bits per heavy atom. The molecule has 0 saturated carbocycles. The summed E-state index contributed by atoms with van der Waals surface area (Å²) in [5.74, 6) is 0. The molecule has 1 aromatic carbocycles. The third-order valence-electron chi connectivity index (χ3n) is 5.11. The molecular formula is C18H30BNO2. The Hall–Kier alpha value is -0.835. The van der Waals surface area contributed by atoms with E-state index in [9.17, 15) is 0 Å². The summed E-state index contributed by atoms with van der Waals surface area (Å²) in [6, 6.07) is 8.71. The molecule has 0 spiro atoms. The van der Waals surface area contributed by atoms with Crippen LogP contribution in [0.4, 0.5) is 0 Å². The minimum atomic E-state index is -0.272. The van der Waals surface area contributed by atoms with E-state index >= 15 is 0 Å². The van der Waals surface area contributed by atoms with Crippen molar-refractivity contribution in [1.82, 2.24) is 4.90 Å². The van der Waals surface area contributed by atoms with Crippen molar-refractivity contribution in [2.75, 3.05) is 13.1 Å². The molecule has 4 heteroatoms. The predicted molar refractivity (Wildman–Crippen MR) is 93.4 cm³/mol. The first-order valence-electron chi connectivity index (χ1n) is 8.04. The van der Waals surface area contributed by atoms with Crippen LogP contribution in [0.15, 0.2) is 24.3 Å². The van der Waals surface area contributed by atoms with Crippen molar-refractivity contribution in [3.63, 3.8) is 0 Å². The molecule has 0 amide bonds. The fourth-order valence-electron chi connectivity index (χ4n) is 2.96. The van der Waals surface area contributed by atoms with Crippen molar-refractivity contribution in [1.29, 1.82) is 0 Å². The summed E-state index contributed by atoms with van der Waals surface area (Å²) in [7, 11) is -0.254. The summed E-state index contributed by atoms with van der Waals surface area (Å²) >= 11 is 0. The molecular weight excluding hydrogens is 273 g/mol. The molecule has 1 aromatic rings. The minimum Gasteiger partial charge on any atom is -0.399 e. The van der Waals surface area contributed by atoms with E-state index in [1.807, 2.05) is 0 Å². The van der Waals surface area contributed by atoms with E-state index in [0.717, 1.165) is 12.0 Å². The number of nitrogens with zero attached hydrogens (tertiary/aromatic N) is 1. The molecule has 0 aliphatic carbocycles. The van der Waals surface area contributed by atoms with E-state index in [0.29, 0.717) is 0 Å². The van der Waals surface area contributed by atoms with Crippen LogP contribution in [-0.2, 0) is 15.9 Å². The van der Waals surface area contributed by atoms with E-state index in [1.54, 1.807) is 0 Å². The van der Waals surface area contributed by atoms with Crippen molar-refractivity contribution in [3.8, 4) is 0 Å². The molecule has 0 radical (unpaired) electrons. The third-order valence-corrected chi connectivity index (χ3v) is 5.11.